The minimum atomic E-state index is -0.289. The van der Waals surface area contributed by atoms with Crippen LogP contribution in [0.2, 0.25) is 5.02 Å². The molecule has 102 valence electrons. The van der Waals surface area contributed by atoms with E-state index in [1.807, 2.05) is 0 Å². The van der Waals surface area contributed by atoms with Crippen molar-refractivity contribution in [1.82, 2.24) is 9.55 Å². The number of rotatable bonds is 4. The highest BCUT2D eigenvalue weighted by atomic mass is 35.5. The largest absolute Gasteiger partial charge is 0.283 e. The summed E-state index contributed by atoms with van der Waals surface area (Å²) >= 11 is 7.18. The van der Waals surface area contributed by atoms with Crippen LogP contribution in [0.25, 0.3) is 10.9 Å². The summed E-state index contributed by atoms with van der Waals surface area (Å²) in [6.45, 7) is 5.75. The third-order valence-electron chi connectivity index (χ3n) is 2.66. The molecule has 0 saturated heterocycles. The maximum absolute atomic E-state index is 12.5. The molecule has 1 heterocycles. The quantitative estimate of drug-likeness (QED) is 0.494. The Kier molecular flexibility index (Phi) is 4.48. The molecule has 0 aliphatic carbocycles. The Balaban J connectivity index is 2.70. The third kappa shape index (κ3) is 2.87. The topological polar surface area (TPSA) is 58.7 Å². The van der Waals surface area contributed by atoms with Gasteiger partial charge in [-0.3, -0.25) is 9.36 Å². The fourth-order valence-corrected chi connectivity index (χ4v) is 2.71. The first-order valence-corrected chi connectivity index (χ1v) is 7.20. The number of halogens is 1. The molecule has 0 aliphatic heterocycles. The Bertz CT molecular complexity index is 763. The van der Waals surface area contributed by atoms with Crippen molar-refractivity contribution in [3.05, 3.63) is 46.2 Å². The lowest BCUT2D eigenvalue weighted by molar-refractivity contribution is 0.671. The SMILES string of the molecule is C=CCn1c(S[C@H](C)C#N)nc2ccc(Cl)cc2c1=O. The van der Waals surface area contributed by atoms with Crippen LogP contribution in [0.5, 0.6) is 0 Å². The lowest BCUT2D eigenvalue weighted by Gasteiger charge is -2.12. The van der Waals surface area contributed by atoms with E-state index in [0.717, 1.165) is 0 Å². The number of nitrogens with zero attached hydrogens (tertiary/aromatic N) is 3. The second-order valence-electron chi connectivity index (χ2n) is 4.15. The average molecular weight is 306 g/mol. The first-order chi connectivity index (χ1) is 9.56. The molecule has 6 heteroatoms. The van der Waals surface area contributed by atoms with Crippen molar-refractivity contribution in [2.45, 2.75) is 23.9 Å². The van der Waals surface area contributed by atoms with Crippen LogP contribution in [0, 0.1) is 11.3 Å². The number of aromatic nitrogens is 2. The number of allylic oxidation sites excluding steroid dienone is 1. The van der Waals surface area contributed by atoms with Gasteiger partial charge in [-0.1, -0.05) is 29.4 Å². The van der Waals surface area contributed by atoms with Gasteiger partial charge in [-0.25, -0.2) is 4.98 Å². The van der Waals surface area contributed by atoms with Crippen molar-refractivity contribution in [3.8, 4) is 6.07 Å². The van der Waals surface area contributed by atoms with Gasteiger partial charge in [0.15, 0.2) is 5.16 Å². The van der Waals surface area contributed by atoms with Crippen molar-refractivity contribution in [2.75, 3.05) is 0 Å². The van der Waals surface area contributed by atoms with E-state index in [1.54, 1.807) is 31.2 Å². The van der Waals surface area contributed by atoms with Crippen molar-refractivity contribution in [2.24, 2.45) is 0 Å². The summed E-state index contributed by atoms with van der Waals surface area (Å²) in [4.78, 5) is 16.9. The van der Waals surface area contributed by atoms with Crippen molar-refractivity contribution in [3.63, 3.8) is 0 Å². The molecule has 0 unspecified atom stereocenters. The Morgan fingerprint density at radius 1 is 1.65 bits per heavy atom. The summed E-state index contributed by atoms with van der Waals surface area (Å²) in [5.74, 6) is 0. The lowest BCUT2D eigenvalue weighted by Crippen LogP contribution is -2.23. The number of hydrogen-bond acceptors (Lipinski definition) is 4. The number of nitriles is 1. The zero-order valence-corrected chi connectivity index (χ0v) is 12.4. The minimum Gasteiger partial charge on any atom is -0.283 e. The number of fused-ring (bicyclic) bond motifs is 1. The summed E-state index contributed by atoms with van der Waals surface area (Å²) in [5.41, 5.74) is 0.400. The molecular formula is C14H12ClN3OS. The van der Waals surface area contributed by atoms with Crippen molar-refractivity contribution < 1.29 is 0 Å². The molecule has 0 spiro atoms. The van der Waals surface area contributed by atoms with Gasteiger partial charge in [-0.2, -0.15) is 5.26 Å². The summed E-state index contributed by atoms with van der Waals surface area (Å²) in [5, 5.41) is 10.1. The summed E-state index contributed by atoms with van der Waals surface area (Å²) in [7, 11) is 0. The molecule has 0 radical (unpaired) electrons. The summed E-state index contributed by atoms with van der Waals surface area (Å²) in [6, 6.07) is 7.12. The van der Waals surface area contributed by atoms with Gasteiger partial charge in [0.25, 0.3) is 5.56 Å². The van der Waals surface area contributed by atoms with E-state index in [-0.39, 0.29) is 10.8 Å². The maximum atomic E-state index is 12.5. The summed E-state index contributed by atoms with van der Waals surface area (Å²) in [6.07, 6.45) is 1.63. The fourth-order valence-electron chi connectivity index (χ4n) is 1.74. The third-order valence-corrected chi connectivity index (χ3v) is 3.87. The minimum absolute atomic E-state index is 0.176. The van der Waals surface area contributed by atoms with Gasteiger partial charge in [0, 0.05) is 11.6 Å². The molecule has 1 aromatic heterocycles. The van der Waals surface area contributed by atoms with Crippen LogP contribution in [0.15, 0.2) is 40.8 Å². The summed E-state index contributed by atoms with van der Waals surface area (Å²) < 4.78 is 1.50. The van der Waals surface area contributed by atoms with Gasteiger partial charge in [-0.05, 0) is 25.1 Å². The monoisotopic (exact) mass is 305 g/mol. The van der Waals surface area contributed by atoms with E-state index in [1.165, 1.54) is 16.3 Å². The van der Waals surface area contributed by atoms with E-state index in [2.05, 4.69) is 17.6 Å². The Hall–Kier alpha value is -1.77. The van der Waals surface area contributed by atoms with E-state index < -0.39 is 0 Å². The van der Waals surface area contributed by atoms with Gasteiger partial charge in [-0.15, -0.1) is 6.58 Å². The van der Waals surface area contributed by atoms with Gasteiger partial charge < -0.3 is 0 Å². The standard InChI is InChI=1S/C14H12ClN3OS/c1-3-6-18-13(19)11-7-10(15)4-5-12(11)17-14(18)20-9(2)8-16/h3-5,7,9H,1,6H2,2H3/t9-/m1/s1. The van der Waals surface area contributed by atoms with E-state index >= 15 is 0 Å². The van der Waals surface area contributed by atoms with E-state index in [0.29, 0.717) is 27.6 Å². The number of benzene rings is 1. The zero-order chi connectivity index (χ0) is 14.7. The molecule has 0 bridgehead atoms. The smallest absolute Gasteiger partial charge is 0.262 e. The molecule has 0 amide bonds. The van der Waals surface area contributed by atoms with Crippen LogP contribution in [-0.2, 0) is 6.54 Å². The van der Waals surface area contributed by atoms with Crippen LogP contribution in [-0.4, -0.2) is 14.8 Å². The van der Waals surface area contributed by atoms with Crippen LogP contribution in [0.3, 0.4) is 0 Å². The predicted molar refractivity (Wildman–Crippen MR) is 82.1 cm³/mol. The average Bonchev–Trinajstić information content (AvgIpc) is 2.44. The van der Waals surface area contributed by atoms with Crippen LogP contribution in [0.4, 0.5) is 0 Å². The molecule has 0 saturated carbocycles. The highest BCUT2D eigenvalue weighted by Gasteiger charge is 2.13. The second kappa shape index (κ2) is 6.12. The molecule has 2 rings (SSSR count). The maximum Gasteiger partial charge on any atom is 0.262 e. The predicted octanol–water partition coefficient (Wildman–Crippen LogP) is 3.24. The highest BCUT2D eigenvalue weighted by molar-refractivity contribution is 8.00. The van der Waals surface area contributed by atoms with Crippen molar-refractivity contribution in [1.29, 1.82) is 5.26 Å². The zero-order valence-electron chi connectivity index (χ0n) is 10.8. The fraction of sp³-hybridized carbons (Fsp3) is 0.214. The molecule has 2 aromatic rings. The molecule has 0 fully saturated rings. The first kappa shape index (κ1) is 14.6. The second-order valence-corrected chi connectivity index (χ2v) is 5.89. The van der Waals surface area contributed by atoms with Crippen LogP contribution in [0.1, 0.15) is 6.92 Å². The molecule has 4 nitrogen and oxygen atoms in total. The molecule has 1 aromatic carbocycles. The van der Waals surface area contributed by atoms with Crippen LogP contribution >= 0.6 is 23.4 Å². The first-order valence-electron chi connectivity index (χ1n) is 5.94. The van der Waals surface area contributed by atoms with Gasteiger partial charge in [0.2, 0.25) is 0 Å². The lowest BCUT2D eigenvalue weighted by atomic mass is 10.2. The Labute approximate surface area is 125 Å². The highest BCUT2D eigenvalue weighted by Crippen LogP contribution is 2.23. The van der Waals surface area contributed by atoms with Gasteiger partial charge >= 0.3 is 0 Å². The molecule has 1 atom stereocenters. The van der Waals surface area contributed by atoms with Crippen molar-refractivity contribution >= 4 is 34.3 Å². The van der Waals surface area contributed by atoms with Gasteiger partial charge in [0.05, 0.1) is 22.2 Å². The number of thioether (sulfide) groups is 1. The van der Waals surface area contributed by atoms with E-state index in [9.17, 15) is 4.79 Å². The molecular weight excluding hydrogens is 294 g/mol. The molecule has 20 heavy (non-hydrogen) atoms. The molecule has 0 aliphatic rings. The number of hydrogen-bond donors (Lipinski definition) is 0. The van der Waals surface area contributed by atoms with Crippen LogP contribution < -0.4 is 5.56 Å². The molecule has 0 N–H and O–H groups in total. The van der Waals surface area contributed by atoms with E-state index in [4.69, 9.17) is 16.9 Å². The Morgan fingerprint density at radius 3 is 3.05 bits per heavy atom. The Morgan fingerprint density at radius 2 is 2.40 bits per heavy atom. The normalized spacial score (nSPS) is 12.1. The van der Waals surface area contributed by atoms with Gasteiger partial charge in [0.1, 0.15) is 0 Å².